The number of thiocarbonyl (C=S) groups is 1. The second-order valence-electron chi connectivity index (χ2n) is 1.28. The molecule has 0 fully saturated rings. The molecule has 0 amide bonds. The van der Waals surface area contributed by atoms with Crippen LogP contribution >= 0.6 is 24.0 Å². The Kier molecular flexibility index (Phi) is 4.09. The highest BCUT2D eigenvalue weighted by Gasteiger charge is 1.99. The third kappa shape index (κ3) is 3.16. The van der Waals surface area contributed by atoms with E-state index < -0.39 is 0 Å². The van der Waals surface area contributed by atoms with Crippen molar-refractivity contribution >= 4 is 34.0 Å². The van der Waals surface area contributed by atoms with Crippen molar-refractivity contribution in [2.45, 2.75) is 13.8 Å². The van der Waals surface area contributed by atoms with Crippen LogP contribution in [0.25, 0.3) is 0 Å². The average Bonchev–Trinajstić information content (AvgIpc) is 1.67. The first kappa shape index (κ1) is 8.11. The van der Waals surface area contributed by atoms with Crippen LogP contribution in [-0.4, -0.2) is 15.7 Å². The number of hydrogen-bond donors (Lipinski definition) is 0. The molecule has 0 unspecified atom stereocenters. The molecule has 0 N–H and O–H groups in total. The highest BCUT2D eigenvalue weighted by molar-refractivity contribution is 8.25. The quantitative estimate of drug-likeness (QED) is 0.554. The van der Waals surface area contributed by atoms with E-state index in [9.17, 15) is 4.79 Å². The van der Waals surface area contributed by atoms with Gasteiger partial charge in [0, 0.05) is 6.92 Å². The minimum atomic E-state index is 0.00634. The van der Waals surface area contributed by atoms with Gasteiger partial charge in [-0.05, 0) is 5.75 Å². The molecule has 0 aromatic heterocycles. The molecular weight excluding hydrogens is 140 g/mol. The first-order chi connectivity index (χ1) is 3.68. The second-order valence-corrected chi connectivity index (χ2v) is 3.22. The minimum Gasteiger partial charge on any atom is -0.293 e. The number of carbonyl (C=O) groups is 1. The summed E-state index contributed by atoms with van der Waals surface area (Å²) in [6.07, 6.45) is 0. The lowest BCUT2D eigenvalue weighted by Crippen LogP contribution is -2.00. The van der Waals surface area contributed by atoms with Crippen molar-refractivity contribution in [1.82, 2.24) is 0 Å². The van der Waals surface area contributed by atoms with Gasteiger partial charge in [0.15, 0.2) is 5.78 Å². The Morgan fingerprint density at radius 2 is 2.25 bits per heavy atom. The van der Waals surface area contributed by atoms with Crippen LogP contribution < -0.4 is 0 Å². The van der Waals surface area contributed by atoms with E-state index in [1.165, 1.54) is 18.7 Å². The van der Waals surface area contributed by atoms with Crippen molar-refractivity contribution in [2.24, 2.45) is 0 Å². The van der Waals surface area contributed by atoms with E-state index in [0.717, 1.165) is 5.75 Å². The van der Waals surface area contributed by atoms with Gasteiger partial charge in [-0.1, -0.05) is 19.1 Å². The van der Waals surface area contributed by atoms with Crippen LogP contribution in [0.15, 0.2) is 0 Å². The summed E-state index contributed by atoms with van der Waals surface area (Å²) in [5.74, 6) is 0.894. The van der Waals surface area contributed by atoms with Gasteiger partial charge in [0.05, 0.1) is 0 Å². The topological polar surface area (TPSA) is 17.1 Å². The highest BCUT2D eigenvalue weighted by atomic mass is 32.2. The summed E-state index contributed by atoms with van der Waals surface area (Å²) in [7, 11) is 0. The monoisotopic (exact) mass is 148 g/mol. The fourth-order valence-corrected chi connectivity index (χ4v) is 1.05. The van der Waals surface area contributed by atoms with Gasteiger partial charge in [-0.3, -0.25) is 4.79 Å². The van der Waals surface area contributed by atoms with Gasteiger partial charge in [-0.25, -0.2) is 0 Å². The van der Waals surface area contributed by atoms with Crippen molar-refractivity contribution in [3.8, 4) is 0 Å². The zero-order chi connectivity index (χ0) is 6.57. The molecule has 0 aromatic rings. The molecule has 8 heavy (non-hydrogen) atoms. The summed E-state index contributed by atoms with van der Waals surface area (Å²) in [5.41, 5.74) is 0. The van der Waals surface area contributed by atoms with E-state index in [2.05, 4.69) is 0 Å². The Morgan fingerprint density at radius 3 is 2.38 bits per heavy atom. The maximum atomic E-state index is 10.4. The van der Waals surface area contributed by atoms with Gasteiger partial charge in [-0.15, -0.1) is 11.8 Å². The average molecular weight is 148 g/mol. The van der Waals surface area contributed by atoms with Gasteiger partial charge in [0.2, 0.25) is 0 Å². The summed E-state index contributed by atoms with van der Waals surface area (Å²) < 4.78 is 0.493. The molecule has 0 heterocycles. The first-order valence-corrected chi connectivity index (χ1v) is 3.75. The molecule has 0 atom stereocenters. The Balaban J connectivity index is 3.49. The predicted octanol–water partition coefficient (Wildman–Crippen LogP) is 1.66. The van der Waals surface area contributed by atoms with E-state index in [1.54, 1.807) is 0 Å². The molecule has 0 radical (unpaired) electrons. The van der Waals surface area contributed by atoms with Gasteiger partial charge in [-0.2, -0.15) is 0 Å². The Bertz CT molecular complexity index is 109. The van der Waals surface area contributed by atoms with E-state index in [-0.39, 0.29) is 5.78 Å². The van der Waals surface area contributed by atoms with Crippen molar-refractivity contribution in [3.63, 3.8) is 0 Å². The Hall–Kier alpha value is 0.110. The predicted molar refractivity (Wildman–Crippen MR) is 41.4 cm³/mol. The van der Waals surface area contributed by atoms with Crippen molar-refractivity contribution in [2.75, 3.05) is 5.75 Å². The number of thioether (sulfide) groups is 1. The fourth-order valence-electron chi connectivity index (χ4n) is 0.233. The molecule has 0 spiro atoms. The van der Waals surface area contributed by atoms with Crippen LogP contribution in [0.3, 0.4) is 0 Å². The fraction of sp³-hybridized carbons (Fsp3) is 0.600. The van der Waals surface area contributed by atoms with Crippen LogP contribution in [0.4, 0.5) is 0 Å². The van der Waals surface area contributed by atoms with Crippen LogP contribution in [-0.2, 0) is 4.79 Å². The summed E-state index contributed by atoms with van der Waals surface area (Å²) >= 11 is 6.11. The molecule has 0 saturated heterocycles. The van der Waals surface area contributed by atoms with E-state index >= 15 is 0 Å². The molecule has 3 heteroatoms. The largest absolute Gasteiger partial charge is 0.293 e. The van der Waals surface area contributed by atoms with Crippen LogP contribution in [0.5, 0.6) is 0 Å². The Labute approximate surface area is 58.8 Å². The molecule has 1 nitrogen and oxygen atoms in total. The molecular formula is C5H8OS2. The third-order valence-electron chi connectivity index (χ3n) is 0.563. The zero-order valence-corrected chi connectivity index (χ0v) is 6.56. The normalized spacial score (nSPS) is 8.75. The maximum absolute atomic E-state index is 10.4. The van der Waals surface area contributed by atoms with Crippen molar-refractivity contribution in [3.05, 3.63) is 0 Å². The lowest BCUT2D eigenvalue weighted by atomic mass is 10.5. The lowest BCUT2D eigenvalue weighted by molar-refractivity contribution is -0.110. The van der Waals surface area contributed by atoms with Crippen molar-refractivity contribution < 1.29 is 4.79 Å². The molecule has 0 bridgehead atoms. The molecule has 0 aromatic carbocycles. The van der Waals surface area contributed by atoms with Gasteiger partial charge in [0.25, 0.3) is 0 Å². The first-order valence-electron chi connectivity index (χ1n) is 2.36. The smallest absolute Gasteiger partial charge is 0.176 e. The molecule has 0 aliphatic carbocycles. The number of Topliss-reactive ketones (excluding diaryl/α,β-unsaturated/α-hetero) is 1. The lowest BCUT2D eigenvalue weighted by Gasteiger charge is -1.90. The standard InChI is InChI=1S/C5H8OS2/c1-3-8-5(7)4(2)6/h3H2,1-2H3. The highest BCUT2D eigenvalue weighted by Crippen LogP contribution is 2.02. The second kappa shape index (κ2) is 4.04. The number of rotatable bonds is 2. The maximum Gasteiger partial charge on any atom is 0.176 e. The van der Waals surface area contributed by atoms with Crippen LogP contribution in [0.1, 0.15) is 13.8 Å². The van der Waals surface area contributed by atoms with Gasteiger partial charge < -0.3 is 0 Å². The van der Waals surface area contributed by atoms with Gasteiger partial charge in [0.1, 0.15) is 4.20 Å². The Morgan fingerprint density at radius 1 is 1.75 bits per heavy atom. The number of carbonyl (C=O) groups excluding carboxylic acids is 1. The number of ketones is 1. The molecule has 0 rings (SSSR count). The van der Waals surface area contributed by atoms with E-state index in [0.29, 0.717) is 4.20 Å². The minimum absolute atomic E-state index is 0.00634. The molecule has 46 valence electrons. The molecule has 0 aliphatic heterocycles. The third-order valence-corrected chi connectivity index (χ3v) is 2.04. The van der Waals surface area contributed by atoms with Crippen LogP contribution in [0, 0.1) is 0 Å². The molecule has 0 aliphatic rings. The van der Waals surface area contributed by atoms with E-state index in [1.807, 2.05) is 6.92 Å². The summed E-state index contributed by atoms with van der Waals surface area (Å²) in [5, 5.41) is 0. The molecule has 0 saturated carbocycles. The summed E-state index contributed by atoms with van der Waals surface area (Å²) in [4.78, 5) is 10.4. The van der Waals surface area contributed by atoms with E-state index in [4.69, 9.17) is 12.2 Å². The summed E-state index contributed by atoms with van der Waals surface area (Å²) in [6, 6.07) is 0. The zero-order valence-electron chi connectivity index (χ0n) is 4.93. The number of hydrogen-bond acceptors (Lipinski definition) is 3. The van der Waals surface area contributed by atoms with Gasteiger partial charge >= 0.3 is 0 Å². The summed E-state index contributed by atoms with van der Waals surface area (Å²) in [6.45, 7) is 3.46. The SMILES string of the molecule is CCSC(=S)C(C)=O. The van der Waals surface area contributed by atoms with Crippen molar-refractivity contribution in [1.29, 1.82) is 0 Å². The van der Waals surface area contributed by atoms with Crippen LogP contribution in [0.2, 0.25) is 0 Å².